The molecule has 1 aliphatic rings. The highest BCUT2D eigenvalue weighted by molar-refractivity contribution is 6.35. The van der Waals surface area contributed by atoms with Crippen LogP contribution in [0.2, 0.25) is 5.02 Å². The molecule has 1 amide bonds. The molecule has 1 N–H and O–H groups in total. The molecule has 8 nitrogen and oxygen atoms in total. The Morgan fingerprint density at radius 3 is 2.65 bits per heavy atom. The maximum absolute atomic E-state index is 16.2. The Bertz CT molecular complexity index is 1530. The van der Waals surface area contributed by atoms with Crippen LogP contribution in [0.4, 0.5) is 15.0 Å². The Morgan fingerprint density at radius 1 is 1.19 bits per heavy atom. The summed E-state index contributed by atoms with van der Waals surface area (Å²) in [7, 11) is 0. The number of carbonyl (C=O) groups excluding carboxylic acids is 1. The zero-order chi connectivity index (χ0) is 26.6. The second kappa shape index (κ2) is 9.13. The number of hydrogen-bond donors (Lipinski definition) is 1. The Labute approximate surface area is 219 Å². The van der Waals surface area contributed by atoms with Crippen molar-refractivity contribution >= 4 is 45.3 Å². The Balaban J connectivity index is 1.55. The van der Waals surface area contributed by atoms with Gasteiger partial charge in [0, 0.05) is 53.3 Å². The number of nitrogens with one attached hydrogen (secondary N) is 1. The molecule has 1 aliphatic heterocycles. The van der Waals surface area contributed by atoms with E-state index in [0.717, 1.165) is 22.2 Å². The van der Waals surface area contributed by atoms with Gasteiger partial charge in [-0.05, 0) is 59.2 Å². The molecule has 2 aromatic carbocycles. The van der Waals surface area contributed by atoms with Gasteiger partial charge in [0.15, 0.2) is 5.82 Å². The molecular formula is C27H30ClFN6O2. The lowest BCUT2D eigenvalue weighted by molar-refractivity contribution is 0.0159. The number of hydrogen-bond acceptors (Lipinski definition) is 6. The predicted molar refractivity (Wildman–Crippen MR) is 144 cm³/mol. The van der Waals surface area contributed by atoms with Gasteiger partial charge in [-0.15, -0.1) is 0 Å². The lowest BCUT2D eigenvalue weighted by Crippen LogP contribution is -2.55. The van der Waals surface area contributed by atoms with Gasteiger partial charge in [-0.2, -0.15) is 5.10 Å². The second-order valence-corrected chi connectivity index (χ2v) is 11.0. The van der Waals surface area contributed by atoms with Crippen LogP contribution in [-0.2, 0) is 4.74 Å². The van der Waals surface area contributed by atoms with Crippen molar-refractivity contribution < 1.29 is 13.9 Å². The molecule has 0 saturated carbocycles. The molecule has 1 fully saturated rings. The van der Waals surface area contributed by atoms with Gasteiger partial charge in [-0.3, -0.25) is 5.10 Å². The first-order chi connectivity index (χ1) is 17.5. The summed E-state index contributed by atoms with van der Waals surface area (Å²) in [5.74, 6) is 0.0882. The Hall–Kier alpha value is -3.46. The van der Waals surface area contributed by atoms with Gasteiger partial charge >= 0.3 is 6.09 Å². The van der Waals surface area contributed by atoms with Crippen LogP contribution >= 0.6 is 11.6 Å². The molecule has 37 heavy (non-hydrogen) atoms. The van der Waals surface area contributed by atoms with E-state index in [2.05, 4.69) is 20.2 Å². The van der Waals surface area contributed by atoms with Crippen molar-refractivity contribution in [3.05, 3.63) is 46.6 Å². The van der Waals surface area contributed by atoms with Gasteiger partial charge in [-0.1, -0.05) is 17.7 Å². The van der Waals surface area contributed by atoms with Crippen molar-refractivity contribution in [2.24, 2.45) is 0 Å². The van der Waals surface area contributed by atoms with Crippen LogP contribution in [0, 0.1) is 19.7 Å². The lowest BCUT2D eigenvalue weighted by atomic mass is 9.94. The topological polar surface area (TPSA) is 87.2 Å². The summed E-state index contributed by atoms with van der Waals surface area (Å²) < 4.78 is 21.8. The summed E-state index contributed by atoms with van der Waals surface area (Å²) in [6.07, 6.45) is 1.03. The molecule has 4 aromatic rings. The number of fused-ring (bicyclic) bond motifs is 2. The summed E-state index contributed by atoms with van der Waals surface area (Å²) in [6, 6.07) is 5.43. The highest BCUT2D eigenvalue weighted by atomic mass is 35.5. The molecule has 0 bridgehead atoms. The Morgan fingerprint density at radius 2 is 1.95 bits per heavy atom. The van der Waals surface area contributed by atoms with Gasteiger partial charge in [0.25, 0.3) is 0 Å². The van der Waals surface area contributed by atoms with Crippen molar-refractivity contribution in [1.29, 1.82) is 0 Å². The van der Waals surface area contributed by atoms with Crippen LogP contribution in [0.25, 0.3) is 32.9 Å². The summed E-state index contributed by atoms with van der Waals surface area (Å²) >= 11 is 6.79. The largest absolute Gasteiger partial charge is 0.444 e. The number of carbonyl (C=O) groups is 1. The Kier molecular flexibility index (Phi) is 6.22. The third-order valence-electron chi connectivity index (χ3n) is 6.72. The van der Waals surface area contributed by atoms with E-state index in [4.69, 9.17) is 16.3 Å². The number of rotatable bonds is 2. The van der Waals surface area contributed by atoms with Crippen LogP contribution in [0.5, 0.6) is 0 Å². The normalized spacial score (nSPS) is 16.6. The SMILES string of the molecule is Cc1ccc2n[nH]c(C)c2c1-c1c(Cl)cc2c(N3CCN(C(=O)OC(C)(C)C)C(C)C3)ncnc2c1F. The third-order valence-corrected chi connectivity index (χ3v) is 7.01. The van der Waals surface area contributed by atoms with Crippen molar-refractivity contribution in [2.45, 2.75) is 53.2 Å². The minimum Gasteiger partial charge on any atom is -0.444 e. The molecule has 3 heterocycles. The number of aromatic amines is 1. The molecule has 1 atom stereocenters. The summed E-state index contributed by atoms with van der Waals surface area (Å²) in [5.41, 5.74) is 3.10. The first kappa shape index (κ1) is 25.2. The van der Waals surface area contributed by atoms with Crippen LogP contribution in [-0.4, -0.2) is 62.4 Å². The van der Waals surface area contributed by atoms with Crippen LogP contribution < -0.4 is 4.90 Å². The number of aryl methyl sites for hydroxylation is 2. The van der Waals surface area contributed by atoms with E-state index in [1.807, 2.05) is 58.6 Å². The fourth-order valence-electron chi connectivity index (χ4n) is 5.03. The molecule has 2 aromatic heterocycles. The average Bonchev–Trinajstić information content (AvgIpc) is 3.19. The number of halogens is 2. The number of benzene rings is 2. The fraction of sp³-hybridized carbons (Fsp3) is 0.407. The molecule has 1 saturated heterocycles. The standard InChI is InChI=1S/C27H30ClFN6O2/c1-14-7-8-19-21(16(3)32-33-19)20(14)22-18(28)11-17-24(23(22)29)30-13-31-25(17)34-9-10-35(15(2)12-34)26(36)37-27(4,5)6/h7-8,11,13,15H,9-10,12H2,1-6H3,(H,32,33). The van der Waals surface area contributed by atoms with E-state index in [-0.39, 0.29) is 22.7 Å². The molecule has 1 unspecified atom stereocenters. The van der Waals surface area contributed by atoms with Gasteiger partial charge in [0.05, 0.1) is 10.5 Å². The van der Waals surface area contributed by atoms with Crippen LogP contribution in [0.15, 0.2) is 24.5 Å². The number of amides is 1. The van der Waals surface area contributed by atoms with E-state index < -0.39 is 11.4 Å². The van der Waals surface area contributed by atoms with Crippen molar-refractivity contribution in [3.8, 4) is 11.1 Å². The van der Waals surface area contributed by atoms with Gasteiger partial charge < -0.3 is 14.5 Å². The summed E-state index contributed by atoms with van der Waals surface area (Å²) in [6.45, 7) is 12.8. The van der Waals surface area contributed by atoms with Crippen molar-refractivity contribution in [1.82, 2.24) is 25.1 Å². The highest BCUT2D eigenvalue weighted by Gasteiger charge is 2.32. The van der Waals surface area contributed by atoms with Gasteiger partial charge in [0.1, 0.15) is 23.3 Å². The maximum Gasteiger partial charge on any atom is 0.410 e. The van der Waals surface area contributed by atoms with Crippen LogP contribution in [0.3, 0.4) is 0 Å². The first-order valence-corrected chi connectivity index (χ1v) is 12.7. The van der Waals surface area contributed by atoms with E-state index in [0.29, 0.717) is 42.0 Å². The first-order valence-electron chi connectivity index (χ1n) is 12.3. The second-order valence-electron chi connectivity index (χ2n) is 10.6. The monoisotopic (exact) mass is 524 g/mol. The highest BCUT2D eigenvalue weighted by Crippen LogP contribution is 2.42. The smallest absolute Gasteiger partial charge is 0.410 e. The maximum atomic E-state index is 16.2. The summed E-state index contributed by atoms with van der Waals surface area (Å²) in [4.78, 5) is 25.2. The number of ether oxygens (including phenoxy) is 1. The zero-order valence-electron chi connectivity index (χ0n) is 21.8. The minimum atomic E-state index is -0.569. The molecule has 10 heteroatoms. The van der Waals surface area contributed by atoms with Crippen LogP contribution in [0.1, 0.15) is 39.0 Å². The molecule has 0 spiro atoms. The number of H-pyrrole nitrogens is 1. The fourth-order valence-corrected chi connectivity index (χ4v) is 5.32. The van der Waals surface area contributed by atoms with Crippen molar-refractivity contribution in [2.75, 3.05) is 24.5 Å². The number of nitrogens with zero attached hydrogens (tertiary/aromatic N) is 5. The van der Waals surface area contributed by atoms with Gasteiger partial charge in [0.2, 0.25) is 0 Å². The van der Waals surface area contributed by atoms with E-state index in [1.54, 1.807) is 11.0 Å². The average molecular weight is 525 g/mol. The molecule has 194 valence electrons. The minimum absolute atomic E-state index is 0.127. The van der Waals surface area contributed by atoms with Gasteiger partial charge in [-0.25, -0.2) is 19.2 Å². The van der Waals surface area contributed by atoms with E-state index >= 15 is 4.39 Å². The molecule has 0 aliphatic carbocycles. The number of anilines is 1. The number of piperazine rings is 1. The summed E-state index contributed by atoms with van der Waals surface area (Å²) in [5, 5.41) is 8.95. The molecule has 5 rings (SSSR count). The third kappa shape index (κ3) is 4.45. The van der Waals surface area contributed by atoms with E-state index in [9.17, 15) is 4.79 Å². The predicted octanol–water partition coefficient (Wildman–Crippen LogP) is 6.03. The number of aromatic nitrogens is 4. The van der Waals surface area contributed by atoms with Crippen molar-refractivity contribution in [3.63, 3.8) is 0 Å². The van der Waals surface area contributed by atoms with E-state index in [1.165, 1.54) is 6.33 Å². The molecular weight excluding hydrogens is 495 g/mol. The molecule has 0 radical (unpaired) electrons. The zero-order valence-corrected chi connectivity index (χ0v) is 22.6. The quantitative estimate of drug-likeness (QED) is 0.344. The lowest BCUT2D eigenvalue weighted by Gasteiger charge is -2.40.